The Bertz CT molecular complexity index is 454. The second-order valence-corrected chi connectivity index (χ2v) is 3.51. The predicted molar refractivity (Wildman–Crippen MR) is 59.5 cm³/mol. The lowest BCUT2D eigenvalue weighted by molar-refractivity contribution is 0.820. The molecule has 2 rings (SSSR count). The number of halogens is 1. The summed E-state index contributed by atoms with van der Waals surface area (Å²) in [5, 5.41) is 5.87. The molecule has 1 aromatic carbocycles. The lowest BCUT2D eigenvalue weighted by Gasteiger charge is -2.06. The summed E-state index contributed by atoms with van der Waals surface area (Å²) in [7, 11) is 1.92. The van der Waals surface area contributed by atoms with Crippen LogP contribution < -0.4 is 5.32 Å². The molecule has 14 heavy (non-hydrogen) atoms. The number of hydrogen-bond donors (Lipinski definition) is 1. The summed E-state index contributed by atoms with van der Waals surface area (Å²) in [6, 6.07) is 8.04. The summed E-state index contributed by atoms with van der Waals surface area (Å²) in [5.41, 5.74) is 1.17. The molecule has 0 atom stereocenters. The summed E-state index contributed by atoms with van der Waals surface area (Å²) in [6.07, 6.45) is 1.82. The summed E-state index contributed by atoms with van der Waals surface area (Å²) in [5.74, 6) is 0. The molecule has 0 spiro atoms. The van der Waals surface area contributed by atoms with Crippen LogP contribution in [0.3, 0.4) is 0 Å². The SMILES string of the molecule is CNCc1cnc(Cl)c2ccccc12. The van der Waals surface area contributed by atoms with Crippen LogP contribution in [-0.4, -0.2) is 12.0 Å². The number of rotatable bonds is 2. The first-order valence-electron chi connectivity index (χ1n) is 4.49. The van der Waals surface area contributed by atoms with Crippen molar-refractivity contribution in [1.82, 2.24) is 10.3 Å². The fourth-order valence-electron chi connectivity index (χ4n) is 1.55. The van der Waals surface area contributed by atoms with E-state index in [1.165, 1.54) is 10.9 Å². The van der Waals surface area contributed by atoms with Crippen LogP contribution in [0.4, 0.5) is 0 Å². The molecule has 0 saturated heterocycles. The Morgan fingerprint density at radius 1 is 1.29 bits per heavy atom. The summed E-state index contributed by atoms with van der Waals surface area (Å²) >= 11 is 6.00. The summed E-state index contributed by atoms with van der Waals surface area (Å²) in [6.45, 7) is 0.810. The maximum absolute atomic E-state index is 6.00. The highest BCUT2D eigenvalue weighted by Crippen LogP contribution is 2.23. The third-order valence-corrected chi connectivity index (χ3v) is 2.50. The average Bonchev–Trinajstić information content (AvgIpc) is 2.23. The van der Waals surface area contributed by atoms with Gasteiger partial charge in [-0.2, -0.15) is 0 Å². The Morgan fingerprint density at radius 2 is 2.00 bits per heavy atom. The summed E-state index contributed by atoms with van der Waals surface area (Å²) < 4.78 is 0. The second kappa shape index (κ2) is 3.95. The molecule has 0 amide bonds. The molecule has 1 heterocycles. The standard InChI is InChI=1S/C11H11ClN2/c1-13-6-8-7-14-11(12)10-5-3-2-4-9(8)10/h2-5,7,13H,6H2,1H3. The molecule has 0 saturated carbocycles. The van der Waals surface area contributed by atoms with Crippen LogP contribution in [0.2, 0.25) is 5.15 Å². The average molecular weight is 207 g/mol. The molecular weight excluding hydrogens is 196 g/mol. The molecule has 1 aromatic heterocycles. The third-order valence-electron chi connectivity index (χ3n) is 2.20. The van der Waals surface area contributed by atoms with Crippen LogP contribution in [0.1, 0.15) is 5.56 Å². The van der Waals surface area contributed by atoms with Crippen LogP contribution in [0, 0.1) is 0 Å². The molecule has 0 aliphatic carbocycles. The molecule has 0 radical (unpaired) electrons. The molecule has 0 aliphatic heterocycles. The van der Waals surface area contributed by atoms with E-state index in [0.717, 1.165) is 11.9 Å². The maximum atomic E-state index is 6.00. The number of pyridine rings is 1. The molecule has 3 heteroatoms. The van der Waals surface area contributed by atoms with Gasteiger partial charge in [0.25, 0.3) is 0 Å². The predicted octanol–water partition coefficient (Wildman–Crippen LogP) is 2.61. The second-order valence-electron chi connectivity index (χ2n) is 3.15. The van der Waals surface area contributed by atoms with E-state index < -0.39 is 0 Å². The van der Waals surface area contributed by atoms with E-state index in [1.54, 1.807) is 0 Å². The molecule has 0 bridgehead atoms. The van der Waals surface area contributed by atoms with Crippen molar-refractivity contribution in [3.05, 3.63) is 41.2 Å². The maximum Gasteiger partial charge on any atom is 0.136 e. The van der Waals surface area contributed by atoms with Gasteiger partial charge in [-0.05, 0) is 18.0 Å². The minimum absolute atomic E-state index is 0.570. The molecular formula is C11H11ClN2. The normalized spacial score (nSPS) is 10.7. The van der Waals surface area contributed by atoms with Crippen molar-refractivity contribution >= 4 is 22.4 Å². The summed E-state index contributed by atoms with van der Waals surface area (Å²) in [4.78, 5) is 4.15. The van der Waals surface area contributed by atoms with Gasteiger partial charge in [0.05, 0.1) is 0 Å². The molecule has 2 nitrogen and oxygen atoms in total. The van der Waals surface area contributed by atoms with Crippen LogP contribution in [0.15, 0.2) is 30.5 Å². The zero-order valence-corrected chi connectivity index (χ0v) is 8.67. The monoisotopic (exact) mass is 206 g/mol. The molecule has 0 aliphatic rings. The Hall–Kier alpha value is -1.12. The highest BCUT2D eigenvalue weighted by molar-refractivity contribution is 6.34. The van der Waals surface area contributed by atoms with Crippen molar-refractivity contribution in [2.45, 2.75) is 6.54 Å². The van der Waals surface area contributed by atoms with Crippen LogP contribution in [0.5, 0.6) is 0 Å². The zero-order valence-electron chi connectivity index (χ0n) is 7.92. The topological polar surface area (TPSA) is 24.9 Å². The van der Waals surface area contributed by atoms with Crippen molar-refractivity contribution in [2.75, 3.05) is 7.05 Å². The van der Waals surface area contributed by atoms with E-state index in [9.17, 15) is 0 Å². The van der Waals surface area contributed by atoms with E-state index in [1.807, 2.05) is 31.4 Å². The Labute approximate surface area is 87.9 Å². The number of nitrogens with zero attached hydrogens (tertiary/aromatic N) is 1. The van der Waals surface area contributed by atoms with Gasteiger partial charge < -0.3 is 5.32 Å². The van der Waals surface area contributed by atoms with E-state index in [-0.39, 0.29) is 0 Å². The van der Waals surface area contributed by atoms with Crippen molar-refractivity contribution in [3.8, 4) is 0 Å². The smallest absolute Gasteiger partial charge is 0.136 e. The van der Waals surface area contributed by atoms with Gasteiger partial charge >= 0.3 is 0 Å². The molecule has 2 aromatic rings. The lowest BCUT2D eigenvalue weighted by Crippen LogP contribution is -2.05. The van der Waals surface area contributed by atoms with Crippen molar-refractivity contribution in [1.29, 1.82) is 0 Å². The van der Waals surface area contributed by atoms with E-state index in [0.29, 0.717) is 5.15 Å². The van der Waals surface area contributed by atoms with E-state index in [4.69, 9.17) is 11.6 Å². The highest BCUT2D eigenvalue weighted by atomic mass is 35.5. The Kier molecular flexibility index (Phi) is 2.66. The van der Waals surface area contributed by atoms with Gasteiger partial charge in [-0.3, -0.25) is 0 Å². The quantitative estimate of drug-likeness (QED) is 0.765. The van der Waals surface area contributed by atoms with Gasteiger partial charge in [0.1, 0.15) is 5.15 Å². The van der Waals surface area contributed by atoms with Crippen LogP contribution >= 0.6 is 11.6 Å². The first-order valence-corrected chi connectivity index (χ1v) is 4.87. The number of benzene rings is 1. The largest absolute Gasteiger partial charge is 0.316 e. The highest BCUT2D eigenvalue weighted by Gasteiger charge is 2.03. The van der Waals surface area contributed by atoms with Crippen molar-refractivity contribution in [3.63, 3.8) is 0 Å². The molecule has 1 N–H and O–H groups in total. The van der Waals surface area contributed by atoms with Crippen LogP contribution in [0.25, 0.3) is 10.8 Å². The van der Waals surface area contributed by atoms with Gasteiger partial charge in [0.15, 0.2) is 0 Å². The van der Waals surface area contributed by atoms with Crippen molar-refractivity contribution in [2.24, 2.45) is 0 Å². The fourth-order valence-corrected chi connectivity index (χ4v) is 1.76. The first-order chi connectivity index (χ1) is 6.83. The zero-order chi connectivity index (χ0) is 9.97. The van der Waals surface area contributed by atoms with E-state index in [2.05, 4.69) is 16.4 Å². The van der Waals surface area contributed by atoms with Gasteiger partial charge in [-0.25, -0.2) is 4.98 Å². The van der Waals surface area contributed by atoms with Gasteiger partial charge in [0, 0.05) is 18.1 Å². The number of hydrogen-bond acceptors (Lipinski definition) is 2. The van der Waals surface area contributed by atoms with Crippen molar-refractivity contribution < 1.29 is 0 Å². The van der Waals surface area contributed by atoms with Crippen LogP contribution in [-0.2, 0) is 6.54 Å². The lowest BCUT2D eigenvalue weighted by atomic mass is 10.1. The molecule has 0 unspecified atom stereocenters. The van der Waals surface area contributed by atoms with Gasteiger partial charge in [-0.1, -0.05) is 35.9 Å². The molecule has 0 fully saturated rings. The van der Waals surface area contributed by atoms with Gasteiger partial charge in [-0.15, -0.1) is 0 Å². The molecule has 72 valence electrons. The Morgan fingerprint density at radius 3 is 2.71 bits per heavy atom. The Balaban J connectivity index is 2.68. The third kappa shape index (κ3) is 1.59. The minimum Gasteiger partial charge on any atom is -0.316 e. The fraction of sp³-hybridized carbons (Fsp3) is 0.182. The first kappa shape index (κ1) is 9.44. The van der Waals surface area contributed by atoms with E-state index >= 15 is 0 Å². The number of aromatic nitrogens is 1. The minimum atomic E-state index is 0.570. The van der Waals surface area contributed by atoms with Gasteiger partial charge in [0.2, 0.25) is 0 Å². The number of nitrogens with one attached hydrogen (secondary N) is 1. The number of fused-ring (bicyclic) bond motifs is 1.